The van der Waals surface area contributed by atoms with Crippen molar-refractivity contribution < 1.29 is 14.4 Å². The summed E-state index contributed by atoms with van der Waals surface area (Å²) >= 11 is 0. The Labute approximate surface area is 104 Å². The molecule has 1 heterocycles. The maximum atomic E-state index is 12.0. The molecule has 6 nitrogen and oxygen atoms in total. The fraction of sp³-hybridized carbons (Fsp3) is 0.250. The Morgan fingerprint density at radius 2 is 2.17 bits per heavy atom. The topological polar surface area (TPSA) is 92.5 Å². The highest BCUT2D eigenvalue weighted by Gasteiger charge is 2.20. The molecule has 1 aliphatic heterocycles. The number of hydrogen-bond donors (Lipinski definition) is 2. The van der Waals surface area contributed by atoms with Crippen molar-refractivity contribution in [2.24, 2.45) is 5.73 Å². The van der Waals surface area contributed by atoms with Crippen LogP contribution in [0.5, 0.6) is 0 Å². The highest BCUT2D eigenvalue weighted by atomic mass is 16.2. The SMILES string of the molecule is CN(CC(N)=O)C(=O)c1ccc2c(c1)NC(=O)C2. The highest BCUT2D eigenvalue weighted by molar-refractivity contribution is 6.02. The van der Waals surface area contributed by atoms with Crippen LogP contribution in [0, 0.1) is 0 Å². The number of benzene rings is 1. The molecule has 2 rings (SSSR count). The van der Waals surface area contributed by atoms with Gasteiger partial charge in [0.1, 0.15) is 0 Å². The number of nitrogens with one attached hydrogen (secondary N) is 1. The molecule has 6 heteroatoms. The van der Waals surface area contributed by atoms with E-state index in [9.17, 15) is 14.4 Å². The lowest BCUT2D eigenvalue weighted by Crippen LogP contribution is -2.35. The van der Waals surface area contributed by atoms with Gasteiger partial charge in [-0.05, 0) is 17.7 Å². The van der Waals surface area contributed by atoms with Crippen molar-refractivity contribution in [3.63, 3.8) is 0 Å². The number of carbonyl (C=O) groups is 3. The summed E-state index contributed by atoms with van der Waals surface area (Å²) in [5, 5.41) is 2.67. The van der Waals surface area contributed by atoms with Crippen molar-refractivity contribution in [3.8, 4) is 0 Å². The van der Waals surface area contributed by atoms with Crippen molar-refractivity contribution in [2.75, 3.05) is 18.9 Å². The number of carbonyl (C=O) groups excluding carboxylic acids is 3. The minimum Gasteiger partial charge on any atom is -0.368 e. The summed E-state index contributed by atoms with van der Waals surface area (Å²) < 4.78 is 0. The summed E-state index contributed by atoms with van der Waals surface area (Å²) in [7, 11) is 1.50. The maximum Gasteiger partial charge on any atom is 0.254 e. The van der Waals surface area contributed by atoms with Crippen molar-refractivity contribution in [3.05, 3.63) is 29.3 Å². The number of fused-ring (bicyclic) bond motifs is 1. The molecular formula is C12H13N3O3. The van der Waals surface area contributed by atoms with Crippen molar-refractivity contribution in [1.29, 1.82) is 0 Å². The van der Waals surface area contributed by atoms with E-state index in [-0.39, 0.29) is 18.4 Å². The van der Waals surface area contributed by atoms with E-state index < -0.39 is 5.91 Å². The quantitative estimate of drug-likeness (QED) is 0.770. The molecule has 0 unspecified atom stereocenters. The average Bonchev–Trinajstić information content (AvgIpc) is 2.65. The maximum absolute atomic E-state index is 12.0. The molecule has 1 aromatic carbocycles. The zero-order chi connectivity index (χ0) is 13.3. The summed E-state index contributed by atoms with van der Waals surface area (Å²) in [4.78, 5) is 35.1. The molecule has 0 bridgehead atoms. The van der Waals surface area contributed by atoms with Crippen LogP contribution in [0.15, 0.2) is 18.2 Å². The van der Waals surface area contributed by atoms with Crippen molar-refractivity contribution in [1.82, 2.24) is 4.90 Å². The van der Waals surface area contributed by atoms with Gasteiger partial charge in [0.25, 0.3) is 5.91 Å². The van der Waals surface area contributed by atoms with E-state index in [4.69, 9.17) is 5.73 Å². The van der Waals surface area contributed by atoms with Gasteiger partial charge < -0.3 is 16.0 Å². The standard InChI is InChI=1S/C12H13N3O3/c1-15(6-10(13)16)12(18)8-3-2-7-5-11(17)14-9(7)4-8/h2-4H,5-6H2,1H3,(H2,13,16)(H,14,17). The van der Waals surface area contributed by atoms with Crippen molar-refractivity contribution >= 4 is 23.4 Å². The monoisotopic (exact) mass is 247 g/mol. The fourth-order valence-electron chi connectivity index (χ4n) is 1.87. The molecular weight excluding hydrogens is 234 g/mol. The number of nitrogens with zero attached hydrogens (tertiary/aromatic N) is 1. The largest absolute Gasteiger partial charge is 0.368 e. The zero-order valence-corrected chi connectivity index (χ0v) is 9.90. The normalized spacial score (nSPS) is 12.8. The second-order valence-corrected chi connectivity index (χ2v) is 4.22. The van der Waals surface area contributed by atoms with E-state index >= 15 is 0 Å². The molecule has 3 N–H and O–H groups in total. The van der Waals surface area contributed by atoms with Gasteiger partial charge in [-0.3, -0.25) is 14.4 Å². The van der Waals surface area contributed by atoms with Crippen LogP contribution in [0.1, 0.15) is 15.9 Å². The van der Waals surface area contributed by atoms with Gasteiger partial charge in [0.2, 0.25) is 11.8 Å². The second kappa shape index (κ2) is 4.48. The number of amides is 3. The molecule has 0 spiro atoms. The third-order valence-electron chi connectivity index (χ3n) is 2.72. The van der Waals surface area contributed by atoms with Gasteiger partial charge in [0, 0.05) is 18.3 Å². The van der Waals surface area contributed by atoms with E-state index in [2.05, 4.69) is 5.32 Å². The first kappa shape index (κ1) is 12.1. The Hall–Kier alpha value is -2.37. The molecule has 3 amide bonds. The van der Waals surface area contributed by atoms with Crippen LogP contribution in [0.2, 0.25) is 0 Å². The van der Waals surface area contributed by atoms with Crippen LogP contribution >= 0.6 is 0 Å². The molecule has 0 atom stereocenters. The third kappa shape index (κ3) is 2.32. The van der Waals surface area contributed by atoms with Crippen LogP contribution in [-0.2, 0) is 16.0 Å². The Balaban J connectivity index is 2.20. The number of nitrogens with two attached hydrogens (primary N) is 1. The molecule has 94 valence electrons. The number of primary amides is 1. The van der Waals surface area contributed by atoms with Crippen LogP contribution < -0.4 is 11.1 Å². The molecule has 0 aliphatic carbocycles. The Kier molecular flexibility index (Phi) is 3.01. The van der Waals surface area contributed by atoms with Gasteiger partial charge in [0.05, 0.1) is 13.0 Å². The van der Waals surface area contributed by atoms with Crippen LogP contribution in [0.25, 0.3) is 0 Å². The third-order valence-corrected chi connectivity index (χ3v) is 2.72. The zero-order valence-electron chi connectivity index (χ0n) is 9.90. The smallest absolute Gasteiger partial charge is 0.254 e. The van der Waals surface area contributed by atoms with Gasteiger partial charge in [-0.2, -0.15) is 0 Å². The highest BCUT2D eigenvalue weighted by Crippen LogP contribution is 2.24. The summed E-state index contributed by atoms with van der Waals surface area (Å²) in [5.41, 5.74) is 6.96. The number of likely N-dealkylation sites (N-methyl/N-ethyl adjacent to an activating group) is 1. The molecule has 0 fully saturated rings. The van der Waals surface area contributed by atoms with Crippen LogP contribution in [0.4, 0.5) is 5.69 Å². The minimum absolute atomic E-state index is 0.0833. The van der Waals surface area contributed by atoms with E-state index in [1.54, 1.807) is 18.2 Å². The molecule has 1 aliphatic rings. The van der Waals surface area contributed by atoms with Gasteiger partial charge in [-0.25, -0.2) is 0 Å². The molecule has 1 aromatic rings. The number of anilines is 1. The first-order chi connectivity index (χ1) is 8.47. The van der Waals surface area contributed by atoms with Crippen molar-refractivity contribution in [2.45, 2.75) is 6.42 Å². The first-order valence-corrected chi connectivity index (χ1v) is 5.44. The molecule has 0 radical (unpaired) electrons. The van der Waals surface area contributed by atoms with Gasteiger partial charge >= 0.3 is 0 Å². The number of rotatable bonds is 3. The average molecular weight is 247 g/mol. The molecule has 18 heavy (non-hydrogen) atoms. The van der Waals surface area contributed by atoms with E-state index in [1.807, 2.05) is 0 Å². The number of hydrogen-bond acceptors (Lipinski definition) is 3. The fourth-order valence-corrected chi connectivity index (χ4v) is 1.87. The lowest BCUT2D eigenvalue weighted by molar-refractivity contribution is -0.118. The van der Waals surface area contributed by atoms with Gasteiger partial charge in [-0.1, -0.05) is 6.07 Å². The summed E-state index contributed by atoms with van der Waals surface area (Å²) in [6.07, 6.45) is 0.334. The summed E-state index contributed by atoms with van der Waals surface area (Å²) in [6, 6.07) is 4.98. The Bertz CT molecular complexity index is 539. The van der Waals surface area contributed by atoms with Gasteiger partial charge in [-0.15, -0.1) is 0 Å². The predicted molar refractivity (Wildman–Crippen MR) is 64.9 cm³/mol. The van der Waals surface area contributed by atoms with Gasteiger partial charge in [0.15, 0.2) is 0 Å². The first-order valence-electron chi connectivity index (χ1n) is 5.44. The Morgan fingerprint density at radius 3 is 2.83 bits per heavy atom. The minimum atomic E-state index is -0.569. The lowest BCUT2D eigenvalue weighted by atomic mass is 10.1. The predicted octanol–water partition coefficient (Wildman–Crippen LogP) is -0.262. The second-order valence-electron chi connectivity index (χ2n) is 4.22. The van der Waals surface area contributed by atoms with Crippen LogP contribution in [0.3, 0.4) is 0 Å². The summed E-state index contributed by atoms with van der Waals surface area (Å²) in [6.45, 7) is -0.137. The van der Waals surface area contributed by atoms with Crippen LogP contribution in [-0.4, -0.2) is 36.2 Å². The molecule has 0 aromatic heterocycles. The molecule has 0 saturated carbocycles. The van der Waals surface area contributed by atoms with E-state index in [1.165, 1.54) is 11.9 Å². The Morgan fingerprint density at radius 1 is 1.44 bits per heavy atom. The summed E-state index contributed by atoms with van der Waals surface area (Å²) in [5.74, 6) is -0.960. The van der Waals surface area contributed by atoms with E-state index in [0.29, 0.717) is 17.7 Å². The lowest BCUT2D eigenvalue weighted by Gasteiger charge is -2.15. The van der Waals surface area contributed by atoms with E-state index in [0.717, 1.165) is 5.56 Å². The molecule has 0 saturated heterocycles.